The summed E-state index contributed by atoms with van der Waals surface area (Å²) in [5.41, 5.74) is 1.81. The fourth-order valence-corrected chi connectivity index (χ4v) is 3.11. The summed E-state index contributed by atoms with van der Waals surface area (Å²) in [5, 5.41) is 18.9. The Hall–Kier alpha value is -3.26. The van der Waals surface area contributed by atoms with Crippen molar-refractivity contribution in [3.8, 4) is 11.4 Å². The van der Waals surface area contributed by atoms with Gasteiger partial charge in [0.2, 0.25) is 5.82 Å². The molecule has 1 unspecified atom stereocenters. The van der Waals surface area contributed by atoms with Gasteiger partial charge in [-0.05, 0) is 66.9 Å². The van der Waals surface area contributed by atoms with E-state index in [0.29, 0.717) is 28.5 Å². The molecule has 4 rings (SSSR count). The highest BCUT2D eigenvalue weighted by Crippen LogP contribution is 2.21. The molecular formula is C21H21ClN6O2. The van der Waals surface area contributed by atoms with Gasteiger partial charge in [0.05, 0.1) is 0 Å². The number of aromatic nitrogens is 4. The molecule has 1 fully saturated rings. The Balaban J connectivity index is 1.47. The second-order valence-electron chi connectivity index (χ2n) is 7.18. The van der Waals surface area contributed by atoms with Crippen LogP contribution in [0.3, 0.4) is 0 Å². The highest BCUT2D eigenvalue weighted by atomic mass is 35.5. The van der Waals surface area contributed by atoms with Gasteiger partial charge in [-0.3, -0.25) is 9.59 Å². The van der Waals surface area contributed by atoms with Gasteiger partial charge in [-0.2, -0.15) is 4.80 Å². The molecule has 2 aromatic carbocycles. The summed E-state index contributed by atoms with van der Waals surface area (Å²) in [6.07, 6.45) is 2.51. The Morgan fingerprint density at radius 1 is 1.20 bits per heavy atom. The third kappa shape index (κ3) is 4.65. The largest absolute Gasteiger partial charge is 0.349 e. The zero-order chi connectivity index (χ0) is 21.1. The molecule has 9 heteroatoms. The van der Waals surface area contributed by atoms with E-state index in [2.05, 4.69) is 26.0 Å². The van der Waals surface area contributed by atoms with Gasteiger partial charge >= 0.3 is 0 Å². The molecule has 2 N–H and O–H groups in total. The maximum absolute atomic E-state index is 12.8. The minimum absolute atomic E-state index is 0.133. The highest BCUT2D eigenvalue weighted by Gasteiger charge is 2.25. The summed E-state index contributed by atoms with van der Waals surface area (Å²) in [5.74, 6) is 0.000146. The molecule has 154 valence electrons. The van der Waals surface area contributed by atoms with Crippen molar-refractivity contribution >= 4 is 29.1 Å². The van der Waals surface area contributed by atoms with Crippen LogP contribution in [0.15, 0.2) is 48.5 Å². The molecule has 0 bridgehead atoms. The van der Waals surface area contributed by atoms with Gasteiger partial charge in [-0.1, -0.05) is 24.6 Å². The first kappa shape index (κ1) is 20.0. The zero-order valence-electron chi connectivity index (χ0n) is 16.4. The second kappa shape index (κ2) is 8.62. The number of halogens is 1. The van der Waals surface area contributed by atoms with E-state index in [0.717, 1.165) is 18.4 Å². The number of carbonyl (C=O) groups is 2. The predicted octanol–water partition coefficient (Wildman–Crippen LogP) is 3.48. The van der Waals surface area contributed by atoms with Gasteiger partial charge in [-0.15, -0.1) is 10.2 Å². The van der Waals surface area contributed by atoms with E-state index in [1.165, 1.54) is 4.80 Å². The number of anilines is 1. The summed E-state index contributed by atoms with van der Waals surface area (Å²) >= 11 is 5.91. The number of rotatable bonds is 7. The lowest BCUT2D eigenvalue weighted by Gasteiger charge is -2.14. The van der Waals surface area contributed by atoms with Crippen LogP contribution in [0.1, 0.15) is 42.6 Å². The topological polar surface area (TPSA) is 102 Å². The number of tetrazole rings is 1. The van der Waals surface area contributed by atoms with Crippen LogP contribution >= 0.6 is 11.6 Å². The summed E-state index contributed by atoms with van der Waals surface area (Å²) in [6.45, 7) is 1.87. The monoisotopic (exact) mass is 424 g/mol. The zero-order valence-corrected chi connectivity index (χ0v) is 17.1. The number of carbonyl (C=O) groups excluding carboxylic acids is 2. The minimum Gasteiger partial charge on any atom is -0.349 e. The fraction of sp³-hybridized carbons (Fsp3) is 0.286. The Labute approximate surface area is 178 Å². The first-order valence-electron chi connectivity index (χ1n) is 9.80. The number of benzene rings is 2. The highest BCUT2D eigenvalue weighted by molar-refractivity contribution is 6.30. The molecule has 0 aliphatic heterocycles. The van der Waals surface area contributed by atoms with E-state index in [-0.39, 0.29) is 17.9 Å². The number of hydrogen-bond donors (Lipinski definition) is 2. The summed E-state index contributed by atoms with van der Waals surface area (Å²) < 4.78 is 0. The average molecular weight is 425 g/mol. The minimum atomic E-state index is -0.637. The van der Waals surface area contributed by atoms with Crippen LogP contribution in [0, 0.1) is 0 Å². The first-order chi connectivity index (χ1) is 14.5. The van der Waals surface area contributed by atoms with Crippen molar-refractivity contribution in [3.63, 3.8) is 0 Å². The Morgan fingerprint density at radius 3 is 2.67 bits per heavy atom. The molecule has 3 aromatic rings. The van der Waals surface area contributed by atoms with Gasteiger partial charge < -0.3 is 10.6 Å². The molecule has 0 radical (unpaired) electrons. The first-order valence-corrected chi connectivity index (χ1v) is 10.2. The van der Waals surface area contributed by atoms with Gasteiger partial charge in [-0.25, -0.2) is 0 Å². The van der Waals surface area contributed by atoms with Crippen molar-refractivity contribution in [2.45, 2.75) is 38.3 Å². The number of nitrogens with zero attached hydrogens (tertiary/aromatic N) is 4. The summed E-state index contributed by atoms with van der Waals surface area (Å²) in [4.78, 5) is 26.4. The van der Waals surface area contributed by atoms with Gasteiger partial charge in [0, 0.05) is 27.9 Å². The fourth-order valence-electron chi connectivity index (χ4n) is 2.99. The van der Waals surface area contributed by atoms with Crippen LogP contribution in [0.5, 0.6) is 0 Å². The van der Waals surface area contributed by atoms with Gasteiger partial charge in [0.15, 0.2) is 6.04 Å². The number of hydrogen-bond acceptors (Lipinski definition) is 5. The smallest absolute Gasteiger partial charge is 0.251 e. The Bertz CT molecular complexity index is 1060. The van der Waals surface area contributed by atoms with Crippen molar-refractivity contribution in [2.24, 2.45) is 0 Å². The molecule has 1 atom stereocenters. The lowest BCUT2D eigenvalue weighted by atomic mass is 10.1. The quantitative estimate of drug-likeness (QED) is 0.604. The Morgan fingerprint density at radius 2 is 1.97 bits per heavy atom. The lowest BCUT2D eigenvalue weighted by molar-refractivity contribution is -0.120. The van der Waals surface area contributed by atoms with Crippen LogP contribution in [0.2, 0.25) is 5.02 Å². The third-order valence-electron chi connectivity index (χ3n) is 4.80. The molecule has 2 amide bonds. The van der Waals surface area contributed by atoms with Crippen molar-refractivity contribution in [1.82, 2.24) is 25.5 Å². The number of nitrogens with one attached hydrogen (secondary N) is 2. The molecule has 1 aromatic heterocycles. The lowest BCUT2D eigenvalue weighted by Crippen LogP contribution is -2.28. The molecule has 30 heavy (non-hydrogen) atoms. The predicted molar refractivity (Wildman–Crippen MR) is 113 cm³/mol. The van der Waals surface area contributed by atoms with Crippen LogP contribution in [-0.4, -0.2) is 38.1 Å². The van der Waals surface area contributed by atoms with Crippen molar-refractivity contribution in [3.05, 3.63) is 59.1 Å². The molecule has 1 aliphatic rings. The average Bonchev–Trinajstić information content (AvgIpc) is 3.43. The van der Waals surface area contributed by atoms with Crippen LogP contribution in [0.4, 0.5) is 5.69 Å². The molecular weight excluding hydrogens is 404 g/mol. The normalized spacial score (nSPS) is 14.2. The van der Waals surface area contributed by atoms with Gasteiger partial charge in [0.25, 0.3) is 11.8 Å². The second-order valence-corrected chi connectivity index (χ2v) is 7.62. The maximum atomic E-state index is 12.8. The standard InChI is InChI=1S/C21H21ClN6O2/c1-2-18(28-26-19(25-27-28)13-6-8-15(22)9-7-13)21(30)24-17-5-3-4-14(12-17)20(29)23-16-10-11-16/h3-9,12,16,18H,2,10-11H2,1H3,(H,23,29)(H,24,30). The van der Waals surface area contributed by atoms with Crippen molar-refractivity contribution in [2.75, 3.05) is 5.32 Å². The van der Waals surface area contributed by atoms with E-state index in [9.17, 15) is 9.59 Å². The molecule has 0 spiro atoms. The van der Waals surface area contributed by atoms with Crippen LogP contribution in [0.25, 0.3) is 11.4 Å². The van der Waals surface area contributed by atoms with E-state index in [1.54, 1.807) is 48.5 Å². The van der Waals surface area contributed by atoms with E-state index in [1.807, 2.05) is 6.92 Å². The summed E-state index contributed by atoms with van der Waals surface area (Å²) in [7, 11) is 0. The van der Waals surface area contributed by atoms with Gasteiger partial charge in [0.1, 0.15) is 0 Å². The third-order valence-corrected chi connectivity index (χ3v) is 5.06. The Kier molecular flexibility index (Phi) is 5.76. The van der Waals surface area contributed by atoms with Crippen LogP contribution < -0.4 is 10.6 Å². The molecule has 8 nitrogen and oxygen atoms in total. The molecule has 1 aliphatic carbocycles. The SMILES string of the molecule is CCC(C(=O)Nc1cccc(C(=O)NC2CC2)c1)n1nnc(-c2ccc(Cl)cc2)n1. The van der Waals surface area contributed by atoms with E-state index < -0.39 is 6.04 Å². The summed E-state index contributed by atoms with van der Waals surface area (Å²) in [6, 6.07) is 13.6. The molecule has 1 saturated carbocycles. The molecule has 0 saturated heterocycles. The van der Waals surface area contributed by atoms with E-state index in [4.69, 9.17) is 11.6 Å². The van der Waals surface area contributed by atoms with Crippen molar-refractivity contribution in [1.29, 1.82) is 0 Å². The van der Waals surface area contributed by atoms with Crippen LogP contribution in [-0.2, 0) is 4.79 Å². The maximum Gasteiger partial charge on any atom is 0.251 e. The van der Waals surface area contributed by atoms with E-state index >= 15 is 0 Å². The van der Waals surface area contributed by atoms with Crippen molar-refractivity contribution < 1.29 is 9.59 Å². The molecule has 1 heterocycles. The number of amides is 2.